The first kappa shape index (κ1) is 24.9. The van der Waals surface area contributed by atoms with Crippen molar-refractivity contribution in [1.82, 2.24) is 14.8 Å². The van der Waals surface area contributed by atoms with E-state index >= 15 is 0 Å². The van der Waals surface area contributed by atoms with Gasteiger partial charge in [-0.1, -0.05) is 22.9 Å². The Balaban J connectivity index is 0.000000968. The second-order valence-electron chi connectivity index (χ2n) is 7.79. The number of carbonyl (C=O) groups is 3. The lowest BCUT2D eigenvalue weighted by atomic mass is 9.96. The van der Waals surface area contributed by atoms with Gasteiger partial charge in [-0.05, 0) is 51.2 Å². The molecule has 4 rings (SSSR count). The normalized spacial score (nSPS) is 16.3. The molecule has 178 valence electrons. The smallest absolute Gasteiger partial charge is 0.322 e. The molecule has 0 aliphatic carbocycles. The van der Waals surface area contributed by atoms with E-state index in [1.807, 2.05) is 0 Å². The third-order valence-electron chi connectivity index (χ3n) is 5.51. The summed E-state index contributed by atoms with van der Waals surface area (Å²) in [7, 11) is 2.07. The number of carbonyl (C=O) groups excluding carboxylic acids is 2. The van der Waals surface area contributed by atoms with Crippen LogP contribution in [-0.4, -0.2) is 65.0 Å². The van der Waals surface area contributed by atoms with Gasteiger partial charge in [0.05, 0.1) is 17.3 Å². The summed E-state index contributed by atoms with van der Waals surface area (Å²) in [4.78, 5) is 42.9. The van der Waals surface area contributed by atoms with E-state index in [2.05, 4.69) is 27.6 Å². The molecule has 33 heavy (non-hydrogen) atoms. The Kier molecular flexibility index (Phi) is 8.59. The van der Waals surface area contributed by atoms with Gasteiger partial charge in [0.2, 0.25) is 5.91 Å². The number of halogens is 2. The number of aromatic nitrogens is 1. The van der Waals surface area contributed by atoms with Crippen LogP contribution >= 0.6 is 22.9 Å². The van der Waals surface area contributed by atoms with Gasteiger partial charge in [0, 0.05) is 29.4 Å². The largest absolute Gasteiger partial charge is 0.483 e. The predicted octanol–water partition coefficient (Wildman–Crippen LogP) is 3.51. The van der Waals surface area contributed by atoms with Gasteiger partial charge in [0.15, 0.2) is 5.13 Å². The summed E-state index contributed by atoms with van der Waals surface area (Å²) in [6, 6.07) is 3.79. The average molecular weight is 498 g/mol. The second-order valence-corrected chi connectivity index (χ2v) is 9.28. The number of carboxylic acid groups (broad SMARTS) is 1. The minimum Gasteiger partial charge on any atom is -0.483 e. The van der Waals surface area contributed by atoms with Gasteiger partial charge in [-0.3, -0.25) is 9.59 Å². The van der Waals surface area contributed by atoms with Gasteiger partial charge in [0.1, 0.15) is 5.82 Å². The molecule has 1 fully saturated rings. The molecule has 0 atom stereocenters. The maximum atomic E-state index is 13.3. The van der Waals surface area contributed by atoms with E-state index in [4.69, 9.17) is 21.5 Å². The molecule has 1 aromatic carbocycles. The molecule has 0 saturated carbocycles. The van der Waals surface area contributed by atoms with Crippen molar-refractivity contribution in [3.8, 4) is 0 Å². The number of urea groups is 1. The topological polar surface area (TPSA) is 115 Å². The third kappa shape index (κ3) is 6.62. The maximum Gasteiger partial charge on any atom is 0.322 e. The number of thiazole rings is 1. The zero-order valence-corrected chi connectivity index (χ0v) is 19.6. The fraction of sp³-hybridized carbons (Fsp3) is 0.429. The Bertz CT molecular complexity index is 1010. The number of benzene rings is 1. The van der Waals surface area contributed by atoms with Crippen LogP contribution < -0.4 is 10.6 Å². The number of hydrogen-bond donors (Lipinski definition) is 3. The average Bonchev–Trinajstić information content (AvgIpc) is 3.18. The molecule has 2 aromatic rings. The second kappa shape index (κ2) is 11.4. The van der Waals surface area contributed by atoms with Crippen molar-refractivity contribution in [3.63, 3.8) is 0 Å². The van der Waals surface area contributed by atoms with E-state index in [1.165, 1.54) is 29.5 Å². The summed E-state index contributed by atoms with van der Waals surface area (Å²) in [5, 5.41) is 13.1. The number of nitrogens with zero attached hydrogens (tertiary/aromatic N) is 3. The lowest BCUT2D eigenvalue weighted by molar-refractivity contribution is -0.123. The number of amides is 3. The fourth-order valence-corrected chi connectivity index (χ4v) is 4.88. The molecule has 1 saturated heterocycles. The van der Waals surface area contributed by atoms with E-state index in [0.717, 1.165) is 36.5 Å². The van der Waals surface area contributed by atoms with Crippen molar-refractivity contribution in [3.05, 3.63) is 39.6 Å². The van der Waals surface area contributed by atoms with Crippen molar-refractivity contribution in [2.75, 3.05) is 37.3 Å². The Morgan fingerprint density at radius 2 is 1.97 bits per heavy atom. The lowest BCUT2D eigenvalue weighted by Gasteiger charge is -2.27. The number of anilines is 2. The first-order valence-corrected chi connectivity index (χ1v) is 11.6. The molecule has 9 nitrogen and oxygen atoms in total. The van der Waals surface area contributed by atoms with Gasteiger partial charge in [-0.25, -0.2) is 14.2 Å². The quantitative estimate of drug-likeness (QED) is 0.559. The van der Waals surface area contributed by atoms with Crippen molar-refractivity contribution < 1.29 is 23.9 Å². The molecule has 0 radical (unpaired) electrons. The van der Waals surface area contributed by atoms with Gasteiger partial charge in [0.25, 0.3) is 6.47 Å². The highest BCUT2D eigenvalue weighted by Gasteiger charge is 2.27. The number of hydrogen-bond acceptors (Lipinski definition) is 6. The molecule has 3 amide bonds. The molecular formula is C21H25ClFN5O4S. The molecule has 3 N–H and O–H groups in total. The molecule has 0 unspecified atom stereocenters. The van der Waals surface area contributed by atoms with Gasteiger partial charge in [-0.15, -0.1) is 0 Å². The van der Waals surface area contributed by atoms with Crippen LogP contribution in [0.3, 0.4) is 0 Å². The standard InChI is InChI=1S/C20H23ClFN5O2S.CH2O2/c1-26-7-4-12(5-8-26)18(28)25-19-24-16-6-9-27(11-17(16)30-19)20(29)23-13-2-3-15(22)14(21)10-13;2-1-3/h2-3,10,12H,4-9,11H2,1H3,(H,23,29)(H,24,25,28);1H,(H,2,3). The van der Waals surface area contributed by atoms with E-state index in [0.29, 0.717) is 30.3 Å². The van der Waals surface area contributed by atoms with Crippen LogP contribution in [0.5, 0.6) is 0 Å². The van der Waals surface area contributed by atoms with E-state index in [1.54, 1.807) is 4.90 Å². The number of nitrogens with one attached hydrogen (secondary N) is 2. The maximum absolute atomic E-state index is 13.3. The molecule has 0 spiro atoms. The van der Waals surface area contributed by atoms with Crippen LogP contribution in [0, 0.1) is 11.7 Å². The monoisotopic (exact) mass is 497 g/mol. The van der Waals surface area contributed by atoms with Crippen LogP contribution in [0.25, 0.3) is 0 Å². The van der Waals surface area contributed by atoms with Crippen molar-refractivity contribution in [1.29, 1.82) is 0 Å². The molecular weight excluding hydrogens is 473 g/mol. The summed E-state index contributed by atoms with van der Waals surface area (Å²) in [5.74, 6) is -0.485. The highest BCUT2D eigenvalue weighted by Crippen LogP contribution is 2.30. The van der Waals surface area contributed by atoms with Crippen molar-refractivity contribution >= 4 is 52.2 Å². The minimum absolute atomic E-state index is 0.0203. The SMILES string of the molecule is CN1CCC(C(=O)Nc2nc3c(s2)CN(C(=O)Nc2ccc(F)c(Cl)c2)CC3)CC1.O=CO. The number of likely N-dealkylation sites (tertiary alicyclic amines) is 1. The Labute approximate surface area is 199 Å². The summed E-state index contributed by atoms with van der Waals surface area (Å²) < 4.78 is 13.3. The van der Waals surface area contributed by atoms with Gasteiger partial charge < -0.3 is 25.5 Å². The van der Waals surface area contributed by atoms with Gasteiger partial charge in [-0.2, -0.15) is 0 Å². The Hall–Kier alpha value is -2.76. The van der Waals surface area contributed by atoms with Crippen molar-refractivity contribution in [2.45, 2.75) is 25.8 Å². The summed E-state index contributed by atoms with van der Waals surface area (Å²) in [5.41, 5.74) is 1.36. The molecule has 3 heterocycles. The van der Waals surface area contributed by atoms with Gasteiger partial charge >= 0.3 is 6.03 Å². The highest BCUT2D eigenvalue weighted by atomic mass is 35.5. The van der Waals surface area contributed by atoms with Crippen LogP contribution in [0.4, 0.5) is 20.0 Å². The predicted molar refractivity (Wildman–Crippen MR) is 124 cm³/mol. The first-order valence-electron chi connectivity index (χ1n) is 10.4. The molecule has 12 heteroatoms. The summed E-state index contributed by atoms with van der Waals surface area (Å²) in [6.45, 7) is 2.53. The van der Waals surface area contributed by atoms with Crippen LogP contribution in [-0.2, 0) is 22.6 Å². The zero-order chi connectivity index (χ0) is 24.0. The molecule has 2 aliphatic heterocycles. The van der Waals surface area contributed by atoms with Crippen LogP contribution in [0.1, 0.15) is 23.4 Å². The highest BCUT2D eigenvalue weighted by molar-refractivity contribution is 7.15. The summed E-state index contributed by atoms with van der Waals surface area (Å²) in [6.07, 6.45) is 2.33. The third-order valence-corrected chi connectivity index (χ3v) is 6.80. The van der Waals surface area contributed by atoms with E-state index in [-0.39, 0.29) is 29.4 Å². The minimum atomic E-state index is -0.531. The molecule has 1 aromatic heterocycles. The van der Waals surface area contributed by atoms with E-state index < -0.39 is 5.82 Å². The summed E-state index contributed by atoms with van der Waals surface area (Å²) >= 11 is 7.19. The van der Waals surface area contributed by atoms with Crippen molar-refractivity contribution in [2.24, 2.45) is 5.92 Å². The van der Waals surface area contributed by atoms with Crippen LogP contribution in [0.2, 0.25) is 5.02 Å². The van der Waals surface area contributed by atoms with E-state index in [9.17, 15) is 14.0 Å². The zero-order valence-electron chi connectivity index (χ0n) is 18.0. The fourth-order valence-electron chi connectivity index (χ4n) is 3.68. The lowest BCUT2D eigenvalue weighted by Crippen LogP contribution is -2.38. The Morgan fingerprint density at radius 1 is 1.27 bits per heavy atom. The first-order chi connectivity index (χ1) is 15.8. The number of fused-ring (bicyclic) bond motifs is 1. The number of rotatable bonds is 3. The van der Waals surface area contributed by atoms with Crippen LogP contribution in [0.15, 0.2) is 18.2 Å². The number of piperidine rings is 1. The molecule has 0 bridgehead atoms. The Morgan fingerprint density at radius 3 is 2.64 bits per heavy atom. The molecule has 2 aliphatic rings.